The van der Waals surface area contributed by atoms with Crippen LogP contribution in [0.5, 0.6) is 0 Å². The molecule has 0 bridgehead atoms. The van der Waals surface area contributed by atoms with Crippen molar-refractivity contribution in [3.63, 3.8) is 0 Å². The Morgan fingerprint density at radius 1 is 1.18 bits per heavy atom. The molecule has 1 nitrogen and oxygen atoms in total. The van der Waals surface area contributed by atoms with E-state index < -0.39 is 0 Å². The lowest BCUT2D eigenvalue weighted by Gasteiger charge is -2.44. The molecular formula is C10H20O. The summed E-state index contributed by atoms with van der Waals surface area (Å²) in [6, 6.07) is 0. The number of aliphatic hydroxyl groups is 1. The Kier molecular flexibility index (Phi) is 2.29. The van der Waals surface area contributed by atoms with E-state index >= 15 is 0 Å². The summed E-state index contributed by atoms with van der Waals surface area (Å²) in [4.78, 5) is 0. The first kappa shape index (κ1) is 9.05. The van der Waals surface area contributed by atoms with Crippen molar-refractivity contribution in [3.8, 4) is 0 Å². The fourth-order valence-electron chi connectivity index (χ4n) is 2.07. The van der Waals surface area contributed by atoms with Crippen molar-refractivity contribution in [2.75, 3.05) is 0 Å². The van der Waals surface area contributed by atoms with Crippen LogP contribution in [-0.4, -0.2) is 11.2 Å². The standard InChI is InChI=1S/C10H20O/c1-7-5-6-8(2)10(3,4)9(7)11/h7-9,11H,5-6H2,1-4H3. The molecule has 1 fully saturated rings. The Hall–Kier alpha value is -0.0400. The molecule has 0 aromatic carbocycles. The molecule has 1 N–H and O–H groups in total. The van der Waals surface area contributed by atoms with Gasteiger partial charge in [0, 0.05) is 0 Å². The third kappa shape index (κ3) is 1.44. The lowest BCUT2D eigenvalue weighted by molar-refractivity contribution is -0.0579. The van der Waals surface area contributed by atoms with E-state index in [1.165, 1.54) is 12.8 Å². The van der Waals surface area contributed by atoms with Gasteiger partial charge in [0.2, 0.25) is 0 Å². The first-order chi connectivity index (χ1) is 4.96. The van der Waals surface area contributed by atoms with Crippen molar-refractivity contribution in [1.82, 2.24) is 0 Å². The predicted octanol–water partition coefficient (Wildman–Crippen LogP) is 2.44. The van der Waals surface area contributed by atoms with E-state index in [1.807, 2.05) is 0 Å². The first-order valence-corrected chi connectivity index (χ1v) is 4.64. The second-order valence-electron chi connectivity index (χ2n) is 4.72. The van der Waals surface area contributed by atoms with Crippen LogP contribution in [0.15, 0.2) is 0 Å². The minimum atomic E-state index is -0.105. The van der Waals surface area contributed by atoms with Gasteiger partial charge in [0.25, 0.3) is 0 Å². The summed E-state index contributed by atoms with van der Waals surface area (Å²) >= 11 is 0. The summed E-state index contributed by atoms with van der Waals surface area (Å²) in [6.45, 7) is 8.75. The van der Waals surface area contributed by atoms with Crippen molar-refractivity contribution in [3.05, 3.63) is 0 Å². The summed E-state index contributed by atoms with van der Waals surface area (Å²) in [5.41, 5.74) is 0.123. The second-order valence-corrected chi connectivity index (χ2v) is 4.72. The van der Waals surface area contributed by atoms with Gasteiger partial charge in [-0.1, -0.05) is 27.7 Å². The van der Waals surface area contributed by atoms with E-state index in [2.05, 4.69) is 27.7 Å². The number of hydrogen-bond donors (Lipinski definition) is 1. The van der Waals surface area contributed by atoms with Crippen molar-refractivity contribution in [1.29, 1.82) is 0 Å². The van der Waals surface area contributed by atoms with Crippen LogP contribution >= 0.6 is 0 Å². The quantitative estimate of drug-likeness (QED) is 0.571. The summed E-state index contributed by atoms with van der Waals surface area (Å²) in [6.07, 6.45) is 2.35. The van der Waals surface area contributed by atoms with Gasteiger partial charge < -0.3 is 5.11 Å². The maximum Gasteiger partial charge on any atom is 0.0619 e. The van der Waals surface area contributed by atoms with Crippen LogP contribution in [0.3, 0.4) is 0 Å². The van der Waals surface area contributed by atoms with Crippen molar-refractivity contribution < 1.29 is 5.11 Å². The fraction of sp³-hybridized carbons (Fsp3) is 1.00. The third-order valence-electron chi connectivity index (χ3n) is 3.63. The Morgan fingerprint density at radius 3 is 2.18 bits per heavy atom. The molecule has 1 aliphatic carbocycles. The highest BCUT2D eigenvalue weighted by Gasteiger charge is 2.40. The van der Waals surface area contributed by atoms with E-state index in [1.54, 1.807) is 0 Å². The van der Waals surface area contributed by atoms with Crippen molar-refractivity contribution in [2.45, 2.75) is 46.6 Å². The normalized spacial score (nSPS) is 43.9. The average Bonchev–Trinajstić information content (AvgIpc) is 1.95. The second kappa shape index (κ2) is 2.78. The van der Waals surface area contributed by atoms with Crippen LogP contribution in [0.1, 0.15) is 40.5 Å². The molecular weight excluding hydrogens is 136 g/mol. The molecule has 3 atom stereocenters. The van der Waals surface area contributed by atoms with Gasteiger partial charge in [-0.3, -0.25) is 0 Å². The fourth-order valence-corrected chi connectivity index (χ4v) is 2.07. The molecule has 0 saturated heterocycles. The first-order valence-electron chi connectivity index (χ1n) is 4.64. The minimum Gasteiger partial charge on any atom is -0.392 e. The SMILES string of the molecule is CC1CCC(C)C(C)(C)C1O. The van der Waals surface area contributed by atoms with Gasteiger partial charge in [0.05, 0.1) is 6.10 Å². The molecule has 0 aromatic heterocycles. The van der Waals surface area contributed by atoms with Crippen LogP contribution < -0.4 is 0 Å². The molecule has 0 aromatic rings. The molecule has 66 valence electrons. The lowest BCUT2D eigenvalue weighted by atomic mass is 9.64. The van der Waals surface area contributed by atoms with Crippen LogP contribution in [0, 0.1) is 17.3 Å². The van der Waals surface area contributed by atoms with Crippen LogP contribution in [0.4, 0.5) is 0 Å². The highest BCUT2D eigenvalue weighted by atomic mass is 16.3. The smallest absolute Gasteiger partial charge is 0.0619 e. The Balaban J connectivity index is 2.72. The summed E-state index contributed by atoms with van der Waals surface area (Å²) in [7, 11) is 0. The van der Waals surface area contributed by atoms with Gasteiger partial charge in [0.1, 0.15) is 0 Å². The van der Waals surface area contributed by atoms with E-state index in [-0.39, 0.29) is 11.5 Å². The van der Waals surface area contributed by atoms with E-state index in [9.17, 15) is 5.11 Å². The Morgan fingerprint density at radius 2 is 1.73 bits per heavy atom. The Bertz CT molecular complexity index is 140. The van der Waals surface area contributed by atoms with E-state index in [0.29, 0.717) is 11.8 Å². The van der Waals surface area contributed by atoms with Crippen LogP contribution in [0.25, 0.3) is 0 Å². The van der Waals surface area contributed by atoms with Gasteiger partial charge in [-0.25, -0.2) is 0 Å². The maximum atomic E-state index is 9.88. The summed E-state index contributed by atoms with van der Waals surface area (Å²) < 4.78 is 0. The maximum absolute atomic E-state index is 9.88. The van der Waals surface area contributed by atoms with Gasteiger partial charge in [-0.15, -0.1) is 0 Å². The molecule has 0 spiro atoms. The topological polar surface area (TPSA) is 20.2 Å². The molecule has 11 heavy (non-hydrogen) atoms. The number of aliphatic hydroxyl groups excluding tert-OH is 1. The van der Waals surface area contributed by atoms with Crippen LogP contribution in [0.2, 0.25) is 0 Å². The van der Waals surface area contributed by atoms with Crippen LogP contribution in [-0.2, 0) is 0 Å². The third-order valence-corrected chi connectivity index (χ3v) is 3.63. The molecule has 3 unspecified atom stereocenters. The summed E-state index contributed by atoms with van der Waals surface area (Å²) in [5.74, 6) is 1.15. The average molecular weight is 156 g/mol. The molecule has 0 heterocycles. The number of hydrogen-bond acceptors (Lipinski definition) is 1. The molecule has 1 rings (SSSR count). The molecule has 1 aliphatic rings. The highest BCUT2D eigenvalue weighted by Crippen LogP contribution is 2.42. The Labute approximate surface area is 69.8 Å². The molecule has 0 aliphatic heterocycles. The largest absolute Gasteiger partial charge is 0.392 e. The van der Waals surface area contributed by atoms with Crippen molar-refractivity contribution >= 4 is 0 Å². The predicted molar refractivity (Wildman–Crippen MR) is 47.3 cm³/mol. The zero-order valence-electron chi connectivity index (χ0n) is 8.09. The zero-order chi connectivity index (χ0) is 8.65. The van der Waals surface area contributed by atoms with Gasteiger partial charge in [-0.05, 0) is 30.1 Å². The molecule has 0 amide bonds. The molecule has 0 radical (unpaired) electrons. The minimum absolute atomic E-state index is 0.105. The highest BCUT2D eigenvalue weighted by molar-refractivity contribution is 4.90. The van der Waals surface area contributed by atoms with Crippen molar-refractivity contribution in [2.24, 2.45) is 17.3 Å². The molecule has 1 heteroatoms. The van der Waals surface area contributed by atoms with Gasteiger partial charge in [0.15, 0.2) is 0 Å². The van der Waals surface area contributed by atoms with E-state index in [0.717, 1.165) is 0 Å². The number of rotatable bonds is 0. The zero-order valence-corrected chi connectivity index (χ0v) is 8.09. The molecule has 1 saturated carbocycles. The lowest BCUT2D eigenvalue weighted by Crippen LogP contribution is -2.43. The van der Waals surface area contributed by atoms with E-state index in [4.69, 9.17) is 0 Å². The monoisotopic (exact) mass is 156 g/mol. The summed E-state index contributed by atoms with van der Waals surface area (Å²) in [5, 5.41) is 9.88. The van der Waals surface area contributed by atoms with Gasteiger partial charge >= 0.3 is 0 Å². The van der Waals surface area contributed by atoms with Gasteiger partial charge in [-0.2, -0.15) is 0 Å².